The van der Waals surface area contributed by atoms with Crippen molar-refractivity contribution in [3.63, 3.8) is 0 Å². The summed E-state index contributed by atoms with van der Waals surface area (Å²) in [5.41, 5.74) is 2.42. The second-order valence-electron chi connectivity index (χ2n) is 6.21. The molecule has 0 spiro atoms. The van der Waals surface area contributed by atoms with Gasteiger partial charge in [-0.1, -0.05) is 23.5 Å². The zero-order chi connectivity index (χ0) is 20.8. The van der Waals surface area contributed by atoms with E-state index < -0.39 is 0 Å². The molecule has 2 aromatic heterocycles. The number of hydrogen-bond donors (Lipinski definition) is 1. The number of benzene rings is 1. The smallest absolute Gasteiger partial charge is 0.234 e. The van der Waals surface area contributed by atoms with E-state index in [9.17, 15) is 9.18 Å². The lowest BCUT2D eigenvalue weighted by molar-refractivity contribution is -0.113. The number of nitrogens with one attached hydrogen (secondary N) is 1. The summed E-state index contributed by atoms with van der Waals surface area (Å²) in [5, 5.41) is 12.6. The summed E-state index contributed by atoms with van der Waals surface area (Å²) in [5.74, 6) is 1.05. The average Bonchev–Trinajstić information content (AvgIpc) is 3.07. The third-order valence-electron chi connectivity index (χ3n) is 3.86. The first-order valence-electron chi connectivity index (χ1n) is 9.00. The van der Waals surface area contributed by atoms with Gasteiger partial charge < -0.3 is 9.88 Å². The third-order valence-corrected chi connectivity index (χ3v) is 5.67. The number of anilines is 1. The van der Waals surface area contributed by atoms with Crippen LogP contribution in [0, 0.1) is 19.7 Å². The molecule has 0 unspecified atom stereocenters. The van der Waals surface area contributed by atoms with E-state index in [0.29, 0.717) is 28.3 Å². The van der Waals surface area contributed by atoms with Crippen LogP contribution in [0.5, 0.6) is 0 Å². The predicted octanol–water partition coefficient (Wildman–Crippen LogP) is 3.87. The van der Waals surface area contributed by atoms with Gasteiger partial charge in [-0.15, -0.1) is 10.2 Å². The van der Waals surface area contributed by atoms with E-state index in [4.69, 9.17) is 0 Å². The van der Waals surface area contributed by atoms with Gasteiger partial charge in [-0.2, -0.15) is 0 Å². The number of carbonyl (C=O) groups excluding carboxylic acids is 1. The summed E-state index contributed by atoms with van der Waals surface area (Å²) in [6.07, 6.45) is 0. The second kappa shape index (κ2) is 9.84. The van der Waals surface area contributed by atoms with E-state index in [0.717, 1.165) is 17.2 Å². The van der Waals surface area contributed by atoms with E-state index >= 15 is 0 Å². The highest BCUT2D eigenvalue weighted by Crippen LogP contribution is 2.23. The monoisotopic (exact) mass is 432 g/mol. The van der Waals surface area contributed by atoms with Crippen LogP contribution >= 0.6 is 23.5 Å². The number of amides is 1. The molecule has 0 aliphatic carbocycles. The maximum absolute atomic E-state index is 12.9. The fraction of sp³-hybridized carbons (Fsp3) is 0.316. The van der Waals surface area contributed by atoms with Crippen LogP contribution in [0.3, 0.4) is 0 Å². The lowest BCUT2D eigenvalue weighted by Crippen LogP contribution is -2.14. The Balaban J connectivity index is 1.58. The fourth-order valence-corrected chi connectivity index (χ4v) is 4.31. The van der Waals surface area contributed by atoms with E-state index in [1.54, 1.807) is 0 Å². The van der Waals surface area contributed by atoms with Crippen LogP contribution < -0.4 is 5.32 Å². The largest absolute Gasteiger partial charge is 0.325 e. The molecule has 152 valence electrons. The standard InChI is InChI=1S/C19H21FN6OS2/c1-4-26-16(10-28-18-21-12(2)9-13(3)22-18)24-25-19(26)29-11-17(27)23-15-7-5-14(20)6-8-15/h5-9H,4,10-11H2,1-3H3,(H,23,27). The molecule has 7 nitrogen and oxygen atoms in total. The number of hydrogen-bond acceptors (Lipinski definition) is 7. The molecule has 3 aromatic rings. The molecule has 1 amide bonds. The molecule has 0 fully saturated rings. The van der Waals surface area contributed by atoms with Gasteiger partial charge >= 0.3 is 0 Å². The van der Waals surface area contributed by atoms with Gasteiger partial charge in [0.2, 0.25) is 5.91 Å². The van der Waals surface area contributed by atoms with Crippen LogP contribution in [0.1, 0.15) is 24.1 Å². The van der Waals surface area contributed by atoms with Gasteiger partial charge in [0, 0.05) is 23.6 Å². The average molecular weight is 433 g/mol. The summed E-state index contributed by atoms with van der Waals surface area (Å²) in [6, 6.07) is 7.59. The van der Waals surface area contributed by atoms with Crippen molar-refractivity contribution < 1.29 is 9.18 Å². The minimum Gasteiger partial charge on any atom is -0.325 e. The maximum atomic E-state index is 12.9. The van der Waals surface area contributed by atoms with Crippen molar-refractivity contribution in [2.24, 2.45) is 0 Å². The van der Waals surface area contributed by atoms with Gasteiger partial charge in [0.15, 0.2) is 10.3 Å². The number of aryl methyl sites for hydroxylation is 2. The molecule has 0 bridgehead atoms. The molecular weight excluding hydrogens is 411 g/mol. The quantitative estimate of drug-likeness (QED) is 0.427. The lowest BCUT2D eigenvalue weighted by Gasteiger charge is -2.08. The highest BCUT2D eigenvalue weighted by Gasteiger charge is 2.14. The van der Waals surface area contributed by atoms with Gasteiger partial charge in [-0.25, -0.2) is 14.4 Å². The number of carbonyl (C=O) groups is 1. The number of rotatable bonds is 8. The van der Waals surface area contributed by atoms with E-state index in [1.807, 2.05) is 31.4 Å². The van der Waals surface area contributed by atoms with Crippen molar-refractivity contribution in [3.05, 3.63) is 53.4 Å². The molecular formula is C19H21FN6OS2. The minimum atomic E-state index is -0.343. The Hall–Kier alpha value is -2.46. The molecule has 0 saturated carbocycles. The predicted molar refractivity (Wildman–Crippen MR) is 113 cm³/mol. The highest BCUT2D eigenvalue weighted by atomic mass is 32.2. The molecule has 0 aliphatic rings. The number of thioether (sulfide) groups is 2. The minimum absolute atomic E-state index is 0.183. The Morgan fingerprint density at radius 2 is 1.79 bits per heavy atom. The van der Waals surface area contributed by atoms with Gasteiger partial charge in [0.05, 0.1) is 11.5 Å². The van der Waals surface area contributed by atoms with E-state index in [1.165, 1.54) is 47.8 Å². The first kappa shape index (κ1) is 21.3. The Bertz CT molecular complexity index is 973. The Labute approximate surface area is 176 Å². The van der Waals surface area contributed by atoms with Gasteiger partial charge in [-0.05, 0) is 51.1 Å². The molecule has 0 aliphatic heterocycles. The molecule has 29 heavy (non-hydrogen) atoms. The lowest BCUT2D eigenvalue weighted by atomic mass is 10.3. The second-order valence-corrected chi connectivity index (χ2v) is 8.09. The first-order valence-corrected chi connectivity index (χ1v) is 11.0. The van der Waals surface area contributed by atoms with Gasteiger partial charge in [0.1, 0.15) is 11.6 Å². The first-order chi connectivity index (χ1) is 13.9. The van der Waals surface area contributed by atoms with Gasteiger partial charge in [0.25, 0.3) is 0 Å². The fourth-order valence-electron chi connectivity index (χ4n) is 2.60. The maximum Gasteiger partial charge on any atom is 0.234 e. The van der Waals surface area contributed by atoms with Crippen LogP contribution in [0.4, 0.5) is 10.1 Å². The molecule has 0 saturated heterocycles. The zero-order valence-electron chi connectivity index (χ0n) is 16.3. The van der Waals surface area contributed by atoms with Crippen molar-refractivity contribution in [2.75, 3.05) is 11.1 Å². The Kier molecular flexibility index (Phi) is 7.21. The van der Waals surface area contributed by atoms with Crippen molar-refractivity contribution >= 4 is 35.1 Å². The SMILES string of the molecule is CCn1c(CSc2nc(C)cc(C)n2)nnc1SCC(=O)Nc1ccc(F)cc1. The topological polar surface area (TPSA) is 85.6 Å². The Morgan fingerprint density at radius 1 is 1.10 bits per heavy atom. The molecule has 2 heterocycles. The zero-order valence-corrected chi connectivity index (χ0v) is 18.0. The highest BCUT2D eigenvalue weighted by molar-refractivity contribution is 7.99. The number of aromatic nitrogens is 5. The number of halogens is 1. The summed E-state index contributed by atoms with van der Waals surface area (Å²) in [6.45, 7) is 6.59. The van der Waals surface area contributed by atoms with Crippen LogP contribution in [-0.4, -0.2) is 36.4 Å². The van der Waals surface area contributed by atoms with Crippen LogP contribution in [0.15, 0.2) is 40.6 Å². The van der Waals surface area contributed by atoms with Gasteiger partial charge in [-0.3, -0.25) is 4.79 Å². The van der Waals surface area contributed by atoms with E-state index in [-0.39, 0.29) is 17.5 Å². The summed E-state index contributed by atoms with van der Waals surface area (Å²) >= 11 is 2.82. The molecule has 0 radical (unpaired) electrons. The van der Waals surface area contributed by atoms with Crippen molar-refractivity contribution in [2.45, 2.75) is 43.4 Å². The summed E-state index contributed by atoms with van der Waals surface area (Å²) in [7, 11) is 0. The van der Waals surface area contributed by atoms with Crippen molar-refractivity contribution in [3.8, 4) is 0 Å². The van der Waals surface area contributed by atoms with Crippen molar-refractivity contribution in [1.82, 2.24) is 24.7 Å². The molecule has 0 atom stereocenters. The van der Waals surface area contributed by atoms with E-state index in [2.05, 4.69) is 25.5 Å². The van der Waals surface area contributed by atoms with Crippen molar-refractivity contribution in [1.29, 1.82) is 0 Å². The summed E-state index contributed by atoms with van der Waals surface area (Å²) < 4.78 is 14.9. The molecule has 1 N–H and O–H groups in total. The molecule has 3 rings (SSSR count). The summed E-state index contributed by atoms with van der Waals surface area (Å²) in [4.78, 5) is 21.0. The van der Waals surface area contributed by atoms with Crippen LogP contribution in [0.2, 0.25) is 0 Å². The third kappa shape index (κ3) is 6.01. The normalized spacial score (nSPS) is 10.9. The molecule has 1 aromatic carbocycles. The van der Waals surface area contributed by atoms with Crippen LogP contribution in [0.25, 0.3) is 0 Å². The molecule has 10 heteroatoms. The Morgan fingerprint density at radius 3 is 2.45 bits per heavy atom. The number of nitrogens with zero attached hydrogens (tertiary/aromatic N) is 5. The van der Waals surface area contributed by atoms with Crippen LogP contribution in [-0.2, 0) is 17.1 Å².